The summed E-state index contributed by atoms with van der Waals surface area (Å²) in [7, 11) is 0. The minimum absolute atomic E-state index is 0.337. The molecule has 0 amide bonds. The molecule has 10 aromatic rings. The molecule has 0 spiro atoms. The van der Waals surface area contributed by atoms with Crippen LogP contribution in [0.2, 0.25) is 0 Å². The van der Waals surface area contributed by atoms with Crippen LogP contribution >= 0.6 is 0 Å². The van der Waals surface area contributed by atoms with Gasteiger partial charge >= 0.3 is 6.18 Å². The SMILES string of the molecule is Cc1ccccc1-c1ccc2c3ccc(-c4ccccc4C)cc3n(-c3ccc(-c4cccc(C(F)(F)F)c4)c(-c4nc(-c5ccccc5)nc(-c5ccccc5)n4)c3)c2c1. The van der Waals surface area contributed by atoms with E-state index in [9.17, 15) is 13.2 Å². The number of alkyl halides is 3. The van der Waals surface area contributed by atoms with Gasteiger partial charge in [-0.2, -0.15) is 13.2 Å². The zero-order chi connectivity index (χ0) is 41.7. The molecule has 0 unspecified atom stereocenters. The largest absolute Gasteiger partial charge is 0.416 e. The third-order valence-electron chi connectivity index (χ3n) is 11.4. The van der Waals surface area contributed by atoms with E-state index in [0.717, 1.165) is 78.1 Å². The molecule has 0 aliphatic heterocycles. The van der Waals surface area contributed by atoms with Gasteiger partial charge in [0.2, 0.25) is 0 Å². The van der Waals surface area contributed by atoms with E-state index in [1.165, 1.54) is 12.1 Å². The zero-order valence-electron chi connectivity index (χ0n) is 33.3. The highest BCUT2D eigenvalue weighted by molar-refractivity contribution is 6.11. The van der Waals surface area contributed by atoms with Crippen molar-refractivity contribution in [3.8, 4) is 73.2 Å². The summed E-state index contributed by atoms with van der Waals surface area (Å²) in [6.45, 7) is 4.23. The van der Waals surface area contributed by atoms with Crippen molar-refractivity contribution in [2.24, 2.45) is 0 Å². The molecule has 0 aliphatic carbocycles. The van der Waals surface area contributed by atoms with Crippen LogP contribution in [0.5, 0.6) is 0 Å². The normalized spacial score (nSPS) is 11.7. The average molecular weight is 799 g/mol. The Morgan fingerprint density at radius 3 is 1.38 bits per heavy atom. The number of hydrogen-bond donors (Lipinski definition) is 0. The summed E-state index contributed by atoms with van der Waals surface area (Å²) < 4.78 is 45.0. The van der Waals surface area contributed by atoms with Crippen LogP contribution in [0.3, 0.4) is 0 Å². The topological polar surface area (TPSA) is 43.6 Å². The van der Waals surface area contributed by atoms with Gasteiger partial charge < -0.3 is 4.57 Å². The van der Waals surface area contributed by atoms with Crippen molar-refractivity contribution in [2.45, 2.75) is 20.0 Å². The number of hydrogen-bond acceptors (Lipinski definition) is 3. The van der Waals surface area contributed by atoms with Gasteiger partial charge in [-0.15, -0.1) is 0 Å². The third kappa shape index (κ3) is 7.04. The van der Waals surface area contributed by atoms with Crippen molar-refractivity contribution in [3.63, 3.8) is 0 Å². The summed E-state index contributed by atoms with van der Waals surface area (Å²) in [5, 5.41) is 2.15. The van der Waals surface area contributed by atoms with E-state index >= 15 is 0 Å². The minimum Gasteiger partial charge on any atom is -0.309 e. The van der Waals surface area contributed by atoms with E-state index in [-0.39, 0.29) is 0 Å². The van der Waals surface area contributed by atoms with Gasteiger partial charge in [0.15, 0.2) is 17.5 Å². The molecule has 0 atom stereocenters. The van der Waals surface area contributed by atoms with Crippen LogP contribution in [0, 0.1) is 13.8 Å². The Morgan fingerprint density at radius 1 is 0.377 bits per heavy atom. The highest BCUT2D eigenvalue weighted by atomic mass is 19.4. The van der Waals surface area contributed by atoms with E-state index < -0.39 is 11.7 Å². The second kappa shape index (κ2) is 15.2. The van der Waals surface area contributed by atoms with Gasteiger partial charge in [0, 0.05) is 33.2 Å². The predicted molar refractivity (Wildman–Crippen MR) is 241 cm³/mol. The molecule has 10 rings (SSSR count). The number of nitrogens with zero attached hydrogens (tertiary/aromatic N) is 4. The van der Waals surface area contributed by atoms with Gasteiger partial charge in [0.25, 0.3) is 0 Å². The maximum absolute atomic E-state index is 14.3. The van der Waals surface area contributed by atoms with Crippen molar-refractivity contribution in [1.29, 1.82) is 0 Å². The Labute approximate surface area is 351 Å². The van der Waals surface area contributed by atoms with Crippen molar-refractivity contribution >= 4 is 21.8 Å². The van der Waals surface area contributed by atoms with Gasteiger partial charge in [0.1, 0.15) is 0 Å². The highest BCUT2D eigenvalue weighted by Gasteiger charge is 2.31. The van der Waals surface area contributed by atoms with Crippen molar-refractivity contribution in [1.82, 2.24) is 19.5 Å². The molecule has 294 valence electrons. The van der Waals surface area contributed by atoms with Crippen molar-refractivity contribution in [3.05, 3.63) is 205 Å². The Morgan fingerprint density at radius 2 is 0.852 bits per heavy atom. The predicted octanol–water partition coefficient (Wildman–Crippen LogP) is 14.6. The summed E-state index contributed by atoms with van der Waals surface area (Å²) in [5.41, 5.74) is 11.9. The fourth-order valence-corrected chi connectivity index (χ4v) is 8.33. The number of aromatic nitrogens is 4. The number of aryl methyl sites for hydroxylation is 2. The summed E-state index contributed by atoms with van der Waals surface area (Å²) in [6.07, 6.45) is -4.53. The molecule has 2 aromatic heterocycles. The van der Waals surface area contributed by atoms with Gasteiger partial charge in [0.05, 0.1) is 16.6 Å². The minimum atomic E-state index is -4.53. The van der Waals surface area contributed by atoms with Crippen LogP contribution in [0.15, 0.2) is 188 Å². The monoisotopic (exact) mass is 798 g/mol. The molecule has 4 nitrogen and oxygen atoms in total. The molecule has 0 radical (unpaired) electrons. The van der Waals surface area contributed by atoms with Crippen molar-refractivity contribution < 1.29 is 13.2 Å². The van der Waals surface area contributed by atoms with E-state index in [0.29, 0.717) is 34.2 Å². The third-order valence-corrected chi connectivity index (χ3v) is 11.4. The Bertz CT molecular complexity index is 3100. The van der Waals surface area contributed by atoms with Crippen molar-refractivity contribution in [2.75, 3.05) is 0 Å². The molecule has 8 aromatic carbocycles. The molecule has 61 heavy (non-hydrogen) atoms. The summed E-state index contributed by atoms with van der Waals surface area (Å²) in [5.74, 6) is 1.24. The molecule has 7 heteroatoms. The number of benzene rings is 8. The van der Waals surface area contributed by atoms with E-state index in [2.05, 4.69) is 91.2 Å². The van der Waals surface area contributed by atoms with Crippen LogP contribution in [0.25, 0.3) is 95.0 Å². The summed E-state index contributed by atoms with van der Waals surface area (Å²) >= 11 is 0. The fraction of sp³-hybridized carbons (Fsp3) is 0.0556. The highest BCUT2D eigenvalue weighted by Crippen LogP contribution is 2.41. The number of halogens is 3. The second-order valence-corrected chi connectivity index (χ2v) is 15.3. The molecular weight excluding hydrogens is 762 g/mol. The molecule has 0 fully saturated rings. The molecular formula is C54H37F3N4. The first-order chi connectivity index (χ1) is 29.7. The Balaban J connectivity index is 1.28. The van der Waals surface area contributed by atoms with Crippen LogP contribution in [0.1, 0.15) is 16.7 Å². The van der Waals surface area contributed by atoms with Gasteiger partial charge in [-0.05, 0) is 94.8 Å². The van der Waals surface area contributed by atoms with Crippen LogP contribution in [0.4, 0.5) is 13.2 Å². The van der Waals surface area contributed by atoms with Crippen LogP contribution in [-0.4, -0.2) is 19.5 Å². The molecule has 0 saturated heterocycles. The lowest BCUT2D eigenvalue weighted by molar-refractivity contribution is -0.137. The molecule has 2 heterocycles. The fourth-order valence-electron chi connectivity index (χ4n) is 8.33. The smallest absolute Gasteiger partial charge is 0.309 e. The van der Waals surface area contributed by atoms with Gasteiger partial charge in [-0.3, -0.25) is 0 Å². The molecule has 0 bridgehead atoms. The molecule has 0 saturated carbocycles. The Kier molecular flexibility index (Phi) is 9.37. The zero-order valence-corrected chi connectivity index (χ0v) is 33.3. The van der Waals surface area contributed by atoms with Gasteiger partial charge in [-0.1, -0.05) is 152 Å². The lowest BCUT2D eigenvalue weighted by atomic mass is 9.96. The number of fused-ring (bicyclic) bond motifs is 3. The quantitative estimate of drug-likeness (QED) is 0.161. The lowest BCUT2D eigenvalue weighted by Crippen LogP contribution is -2.05. The lowest BCUT2D eigenvalue weighted by Gasteiger charge is -2.17. The molecule has 0 N–H and O–H groups in total. The first-order valence-electron chi connectivity index (χ1n) is 20.1. The average Bonchev–Trinajstić information content (AvgIpc) is 3.62. The molecule has 0 aliphatic rings. The summed E-state index contributed by atoms with van der Waals surface area (Å²) in [4.78, 5) is 15.1. The van der Waals surface area contributed by atoms with Gasteiger partial charge in [-0.25, -0.2) is 15.0 Å². The number of rotatable bonds is 7. The maximum atomic E-state index is 14.3. The standard InChI is InChI=1S/C54H37F3N4/c1-34-14-9-11-22-43(34)39-24-27-46-47-28-25-40(44-23-12-10-15-35(44)2)32-50(47)61(49(46)31-39)42-26-29-45(38-20-13-21-41(30-38)54(55,56)57)48(33-42)53-59-51(36-16-5-3-6-17-36)58-52(60-53)37-18-7-4-8-19-37/h3-33H,1-2H3. The first-order valence-corrected chi connectivity index (χ1v) is 20.1. The van der Waals surface area contributed by atoms with E-state index in [4.69, 9.17) is 15.0 Å². The maximum Gasteiger partial charge on any atom is 0.416 e. The van der Waals surface area contributed by atoms with E-state index in [1.807, 2.05) is 91.0 Å². The Hall–Kier alpha value is -7.64. The summed E-state index contributed by atoms with van der Waals surface area (Å²) in [6, 6.07) is 60.5. The van der Waals surface area contributed by atoms with Crippen LogP contribution < -0.4 is 0 Å². The van der Waals surface area contributed by atoms with E-state index in [1.54, 1.807) is 6.07 Å². The second-order valence-electron chi connectivity index (χ2n) is 15.3. The first kappa shape index (κ1) is 37.6. The van der Waals surface area contributed by atoms with Crippen LogP contribution in [-0.2, 0) is 6.18 Å².